The molecule has 0 atom stereocenters. The third kappa shape index (κ3) is 4.39. The topological polar surface area (TPSA) is 6.48 Å². The second-order valence-corrected chi connectivity index (χ2v) is 8.86. The Morgan fingerprint density at radius 1 is 0.815 bits per heavy atom. The van der Waals surface area contributed by atoms with Crippen LogP contribution >= 0.6 is 34.5 Å². The average Bonchev–Trinajstić information content (AvgIpc) is 3.25. The predicted octanol–water partition coefficient (Wildman–Crippen LogP) is 6.38. The van der Waals surface area contributed by atoms with Crippen molar-refractivity contribution in [1.29, 1.82) is 0 Å². The van der Waals surface area contributed by atoms with E-state index in [0.29, 0.717) is 6.17 Å². The summed E-state index contributed by atoms with van der Waals surface area (Å²) in [5.74, 6) is 0. The minimum absolute atomic E-state index is 0.302. The van der Waals surface area contributed by atoms with Gasteiger partial charge in [0.15, 0.2) is 0 Å². The zero-order valence-electron chi connectivity index (χ0n) is 15.2. The minimum atomic E-state index is 0.302. The van der Waals surface area contributed by atoms with Crippen LogP contribution in [0.3, 0.4) is 0 Å². The molecule has 3 aromatic rings. The Morgan fingerprint density at radius 3 is 1.70 bits per heavy atom. The highest BCUT2D eigenvalue weighted by Crippen LogP contribution is 2.37. The molecule has 1 aromatic heterocycles. The first-order valence-corrected chi connectivity index (χ1v) is 10.7. The molecule has 0 N–H and O–H groups in total. The summed E-state index contributed by atoms with van der Waals surface area (Å²) in [6, 6.07) is 18.6. The first kappa shape index (κ1) is 19.0. The monoisotopic (exact) mass is 416 g/mol. The number of nitrogens with zero attached hydrogens (tertiary/aromatic N) is 2. The summed E-state index contributed by atoms with van der Waals surface area (Å²) in [5, 5.41) is 3.77. The van der Waals surface area contributed by atoms with Crippen LogP contribution in [0.4, 0.5) is 0 Å². The van der Waals surface area contributed by atoms with E-state index in [1.165, 1.54) is 21.6 Å². The molecule has 0 bridgehead atoms. The van der Waals surface area contributed by atoms with Crippen LogP contribution in [-0.2, 0) is 13.1 Å². The van der Waals surface area contributed by atoms with E-state index in [1.54, 1.807) is 0 Å². The maximum atomic E-state index is 6.05. The van der Waals surface area contributed by atoms with Crippen molar-refractivity contribution in [2.45, 2.75) is 26.2 Å². The predicted molar refractivity (Wildman–Crippen MR) is 116 cm³/mol. The molecule has 0 aliphatic carbocycles. The number of hydrogen-bond donors (Lipinski definition) is 0. The Kier molecular flexibility index (Phi) is 5.86. The standard InChI is InChI=1S/C22H22Cl2N2S/c1-16-10-13-27-21(16)22-25(14-17-2-6-19(23)7-3-17)11-12-26(22)15-18-4-8-20(24)9-5-18/h2-10,13,22H,11-12,14-15H2,1H3. The normalized spacial score (nSPS) is 16.3. The molecule has 5 heteroatoms. The summed E-state index contributed by atoms with van der Waals surface area (Å²) >= 11 is 14.0. The van der Waals surface area contributed by atoms with Crippen LogP contribution in [0.5, 0.6) is 0 Å². The summed E-state index contributed by atoms with van der Waals surface area (Å²) in [6.45, 7) is 6.17. The van der Waals surface area contributed by atoms with Gasteiger partial charge in [0.1, 0.15) is 0 Å². The Hall–Kier alpha value is -1.36. The first-order valence-electron chi connectivity index (χ1n) is 9.11. The van der Waals surface area contributed by atoms with Crippen molar-refractivity contribution in [3.8, 4) is 0 Å². The molecule has 0 radical (unpaired) electrons. The van der Waals surface area contributed by atoms with Gasteiger partial charge in [-0.1, -0.05) is 47.5 Å². The maximum absolute atomic E-state index is 6.05. The third-order valence-electron chi connectivity index (χ3n) is 5.10. The van der Waals surface area contributed by atoms with E-state index in [0.717, 1.165) is 36.2 Å². The molecule has 2 aromatic carbocycles. The Bertz CT molecular complexity index is 834. The van der Waals surface area contributed by atoms with Crippen LogP contribution in [0.15, 0.2) is 60.0 Å². The Labute approximate surface area is 174 Å². The molecule has 1 aliphatic heterocycles. The van der Waals surface area contributed by atoms with Gasteiger partial charge in [0.25, 0.3) is 0 Å². The van der Waals surface area contributed by atoms with Crippen LogP contribution in [0.1, 0.15) is 27.7 Å². The van der Waals surface area contributed by atoms with E-state index in [1.807, 2.05) is 35.6 Å². The minimum Gasteiger partial charge on any atom is -0.278 e. The molecule has 0 unspecified atom stereocenters. The second-order valence-electron chi connectivity index (χ2n) is 7.04. The second kappa shape index (κ2) is 8.34. The summed E-state index contributed by atoms with van der Waals surface area (Å²) < 4.78 is 0. The van der Waals surface area contributed by atoms with Crippen LogP contribution in [0.25, 0.3) is 0 Å². The summed E-state index contributed by atoms with van der Waals surface area (Å²) in [7, 11) is 0. The van der Waals surface area contributed by atoms with Gasteiger partial charge in [0.2, 0.25) is 0 Å². The number of halogens is 2. The lowest BCUT2D eigenvalue weighted by molar-refractivity contribution is 0.128. The number of aryl methyl sites for hydroxylation is 1. The van der Waals surface area contributed by atoms with Crippen LogP contribution in [-0.4, -0.2) is 22.9 Å². The van der Waals surface area contributed by atoms with Crippen molar-refractivity contribution in [3.05, 3.63) is 91.6 Å². The van der Waals surface area contributed by atoms with Crippen molar-refractivity contribution in [2.24, 2.45) is 0 Å². The zero-order valence-corrected chi connectivity index (χ0v) is 17.6. The maximum Gasteiger partial charge on any atom is 0.0990 e. The quantitative estimate of drug-likeness (QED) is 0.475. The van der Waals surface area contributed by atoms with Crippen molar-refractivity contribution < 1.29 is 0 Å². The highest BCUT2D eigenvalue weighted by Gasteiger charge is 2.34. The lowest BCUT2D eigenvalue weighted by Crippen LogP contribution is -2.30. The highest BCUT2D eigenvalue weighted by atomic mass is 35.5. The number of rotatable bonds is 5. The molecule has 0 spiro atoms. The van der Waals surface area contributed by atoms with E-state index in [4.69, 9.17) is 23.2 Å². The van der Waals surface area contributed by atoms with E-state index >= 15 is 0 Å². The molecule has 2 nitrogen and oxygen atoms in total. The largest absolute Gasteiger partial charge is 0.278 e. The smallest absolute Gasteiger partial charge is 0.0990 e. The average molecular weight is 417 g/mol. The van der Waals surface area contributed by atoms with E-state index < -0.39 is 0 Å². The number of hydrogen-bond acceptors (Lipinski definition) is 3. The fourth-order valence-electron chi connectivity index (χ4n) is 3.69. The van der Waals surface area contributed by atoms with Gasteiger partial charge in [-0.2, -0.15) is 0 Å². The fourth-order valence-corrected chi connectivity index (χ4v) is 5.04. The molecule has 0 amide bonds. The van der Waals surface area contributed by atoms with Crippen molar-refractivity contribution in [2.75, 3.05) is 13.1 Å². The molecule has 0 saturated carbocycles. The van der Waals surface area contributed by atoms with Gasteiger partial charge in [-0.15, -0.1) is 11.3 Å². The van der Waals surface area contributed by atoms with Gasteiger partial charge in [-0.05, 0) is 59.3 Å². The van der Waals surface area contributed by atoms with Gasteiger partial charge in [0.05, 0.1) is 6.17 Å². The SMILES string of the molecule is Cc1ccsc1C1N(Cc2ccc(Cl)cc2)CCN1Cc1ccc(Cl)cc1. The van der Waals surface area contributed by atoms with Gasteiger partial charge < -0.3 is 0 Å². The molecule has 4 rings (SSSR count). The molecule has 1 fully saturated rings. The molecule has 140 valence electrons. The Balaban J connectivity index is 1.58. The van der Waals surface area contributed by atoms with Gasteiger partial charge in [0, 0.05) is 41.1 Å². The van der Waals surface area contributed by atoms with E-state index in [9.17, 15) is 0 Å². The van der Waals surface area contributed by atoms with Crippen LogP contribution in [0, 0.1) is 6.92 Å². The lowest BCUT2D eigenvalue weighted by atomic mass is 10.1. The van der Waals surface area contributed by atoms with Crippen LogP contribution in [0.2, 0.25) is 10.0 Å². The first-order chi connectivity index (χ1) is 13.1. The number of thiophene rings is 1. The lowest BCUT2D eigenvalue weighted by Gasteiger charge is -2.30. The van der Waals surface area contributed by atoms with Crippen molar-refractivity contribution in [3.63, 3.8) is 0 Å². The zero-order chi connectivity index (χ0) is 18.8. The fraction of sp³-hybridized carbons (Fsp3) is 0.273. The Morgan fingerprint density at radius 2 is 1.30 bits per heavy atom. The molecular formula is C22H22Cl2N2S. The van der Waals surface area contributed by atoms with E-state index in [2.05, 4.69) is 52.4 Å². The van der Waals surface area contributed by atoms with E-state index in [-0.39, 0.29) is 0 Å². The van der Waals surface area contributed by atoms with Crippen molar-refractivity contribution >= 4 is 34.5 Å². The van der Waals surface area contributed by atoms with Gasteiger partial charge in [-0.3, -0.25) is 9.80 Å². The summed E-state index contributed by atoms with van der Waals surface area (Å²) in [6.07, 6.45) is 0.302. The summed E-state index contributed by atoms with van der Waals surface area (Å²) in [5.41, 5.74) is 3.97. The molecule has 1 aliphatic rings. The van der Waals surface area contributed by atoms with Gasteiger partial charge in [-0.25, -0.2) is 0 Å². The highest BCUT2D eigenvalue weighted by molar-refractivity contribution is 7.10. The summed E-state index contributed by atoms with van der Waals surface area (Å²) in [4.78, 5) is 6.58. The molecule has 1 saturated heterocycles. The molecular weight excluding hydrogens is 395 g/mol. The number of benzene rings is 2. The molecule has 27 heavy (non-hydrogen) atoms. The molecule has 2 heterocycles. The third-order valence-corrected chi connectivity index (χ3v) is 6.66. The van der Waals surface area contributed by atoms with Gasteiger partial charge >= 0.3 is 0 Å². The van der Waals surface area contributed by atoms with Crippen LogP contribution < -0.4 is 0 Å². The van der Waals surface area contributed by atoms with Crippen molar-refractivity contribution in [1.82, 2.24) is 9.80 Å².